The molecule has 10 heteroatoms. The van der Waals surface area contributed by atoms with Gasteiger partial charge in [0.1, 0.15) is 6.07 Å². The molecule has 6 nitrogen and oxygen atoms in total. The third-order valence-corrected chi connectivity index (χ3v) is 8.15. The number of fused-ring (bicyclic) bond motifs is 1. The lowest BCUT2D eigenvalue weighted by molar-refractivity contribution is -0.136. The number of hydrogen-bond donors (Lipinski definition) is 0. The van der Waals surface area contributed by atoms with E-state index in [1.54, 1.807) is 18.2 Å². The van der Waals surface area contributed by atoms with Crippen LogP contribution in [0.4, 0.5) is 13.2 Å². The molecule has 0 radical (unpaired) electrons. The lowest BCUT2D eigenvalue weighted by Gasteiger charge is -2.31. The van der Waals surface area contributed by atoms with E-state index in [1.165, 1.54) is 34.4 Å². The Morgan fingerprint density at radius 3 is 2.74 bits per heavy atom. The van der Waals surface area contributed by atoms with Gasteiger partial charge in [-0.2, -0.15) is 18.4 Å². The zero-order valence-electron chi connectivity index (χ0n) is 21.4. The van der Waals surface area contributed by atoms with E-state index < -0.39 is 17.4 Å². The molecule has 0 N–H and O–H groups in total. The lowest BCUT2D eigenvalue weighted by atomic mass is 9.96. The Morgan fingerprint density at radius 1 is 1.26 bits per heavy atom. The Hall–Kier alpha value is -3.42. The number of nitrogens with zero attached hydrogens (tertiary/aromatic N) is 5. The van der Waals surface area contributed by atoms with Crippen LogP contribution in [0.25, 0.3) is 11.2 Å². The number of thiazole rings is 1. The van der Waals surface area contributed by atoms with Gasteiger partial charge in [-0.25, -0.2) is 9.78 Å². The first-order chi connectivity index (χ1) is 18.0. The molecule has 0 spiro atoms. The van der Waals surface area contributed by atoms with Crippen LogP contribution < -0.4 is 5.69 Å². The summed E-state index contributed by atoms with van der Waals surface area (Å²) in [6.07, 6.45) is 0.330. The summed E-state index contributed by atoms with van der Waals surface area (Å²) in [6.45, 7) is 8.03. The van der Waals surface area contributed by atoms with Gasteiger partial charge >= 0.3 is 11.9 Å². The van der Waals surface area contributed by atoms with Gasteiger partial charge in [-0.15, -0.1) is 11.3 Å². The van der Waals surface area contributed by atoms with Crippen molar-refractivity contribution < 1.29 is 13.2 Å². The maximum atomic E-state index is 14.1. The molecule has 0 bridgehead atoms. The Balaban J connectivity index is 1.56. The number of benzene rings is 1. The Kier molecular flexibility index (Phi) is 6.92. The van der Waals surface area contributed by atoms with Gasteiger partial charge in [0, 0.05) is 36.3 Å². The number of rotatable bonds is 5. The Morgan fingerprint density at radius 2 is 2.05 bits per heavy atom. The minimum atomic E-state index is -4.61. The van der Waals surface area contributed by atoms with Crippen LogP contribution in [0.5, 0.6) is 0 Å². The van der Waals surface area contributed by atoms with Crippen molar-refractivity contribution in [3.05, 3.63) is 85.5 Å². The van der Waals surface area contributed by atoms with Gasteiger partial charge in [0.25, 0.3) is 0 Å². The van der Waals surface area contributed by atoms with Crippen molar-refractivity contribution >= 4 is 16.9 Å². The van der Waals surface area contributed by atoms with Gasteiger partial charge in [-0.1, -0.05) is 26.0 Å². The number of halogens is 3. The summed E-state index contributed by atoms with van der Waals surface area (Å²) < 4.78 is 44.8. The first kappa shape index (κ1) is 26.2. The van der Waals surface area contributed by atoms with E-state index in [1.807, 2.05) is 19.9 Å². The average Bonchev–Trinajstić information content (AvgIpc) is 3.42. The maximum absolute atomic E-state index is 14.1. The number of pyridine rings is 1. The van der Waals surface area contributed by atoms with Crippen molar-refractivity contribution in [1.82, 2.24) is 18.9 Å². The second kappa shape index (κ2) is 10.0. The van der Waals surface area contributed by atoms with Crippen LogP contribution in [0.3, 0.4) is 0 Å². The molecule has 0 aliphatic carbocycles. The molecule has 4 aromatic rings. The van der Waals surface area contributed by atoms with Gasteiger partial charge in [0.2, 0.25) is 0 Å². The van der Waals surface area contributed by atoms with E-state index in [4.69, 9.17) is 0 Å². The molecular formula is C28H28F3N5OS. The van der Waals surface area contributed by atoms with Crippen molar-refractivity contribution in [2.75, 3.05) is 13.1 Å². The molecule has 1 aliphatic rings. The van der Waals surface area contributed by atoms with Crippen molar-refractivity contribution in [2.45, 2.75) is 52.3 Å². The van der Waals surface area contributed by atoms with Crippen molar-refractivity contribution in [2.24, 2.45) is 5.92 Å². The van der Waals surface area contributed by atoms with Gasteiger partial charge in [0.05, 0.1) is 22.5 Å². The molecule has 1 saturated heterocycles. The fraction of sp³-hybridized carbons (Fsp3) is 0.393. The molecular weight excluding hydrogens is 511 g/mol. The van der Waals surface area contributed by atoms with Crippen LogP contribution in [-0.4, -0.2) is 31.9 Å². The van der Waals surface area contributed by atoms with Crippen molar-refractivity contribution in [1.29, 1.82) is 5.26 Å². The fourth-order valence-corrected chi connectivity index (χ4v) is 6.20. The second-order valence-electron chi connectivity index (χ2n) is 10.2. The van der Waals surface area contributed by atoms with Gasteiger partial charge in [-0.05, 0) is 61.6 Å². The molecule has 1 aliphatic heterocycles. The maximum Gasteiger partial charge on any atom is 0.418 e. The third kappa shape index (κ3) is 5.00. The van der Waals surface area contributed by atoms with Gasteiger partial charge < -0.3 is 0 Å². The highest BCUT2D eigenvalue weighted by Crippen LogP contribution is 2.34. The minimum Gasteiger partial charge on any atom is -0.299 e. The number of imidazole rings is 1. The first-order valence-electron chi connectivity index (χ1n) is 12.6. The number of nitriles is 1. The zero-order valence-corrected chi connectivity index (χ0v) is 22.2. The highest BCUT2D eigenvalue weighted by molar-refractivity contribution is 7.12. The molecule has 1 fully saturated rings. The molecule has 0 unspecified atom stereocenters. The van der Waals surface area contributed by atoms with E-state index in [9.17, 15) is 23.2 Å². The monoisotopic (exact) mass is 539 g/mol. The topological polar surface area (TPSA) is 66.3 Å². The molecule has 0 saturated carbocycles. The number of aryl methyl sites for hydroxylation is 1. The predicted molar refractivity (Wildman–Crippen MR) is 141 cm³/mol. The van der Waals surface area contributed by atoms with Crippen LogP contribution in [0, 0.1) is 24.2 Å². The summed E-state index contributed by atoms with van der Waals surface area (Å²) in [7, 11) is 0. The van der Waals surface area contributed by atoms with Crippen LogP contribution in [0.1, 0.15) is 64.9 Å². The lowest BCUT2D eigenvalue weighted by Crippen LogP contribution is -2.34. The van der Waals surface area contributed by atoms with E-state index >= 15 is 0 Å². The van der Waals surface area contributed by atoms with Crippen LogP contribution in [0.15, 0.2) is 47.5 Å². The normalized spacial score (nSPS) is 17.6. The summed E-state index contributed by atoms with van der Waals surface area (Å²) in [5.41, 5.74) is 1.01. The third-order valence-electron chi connectivity index (χ3n) is 7.26. The molecule has 5 rings (SSSR count). The number of piperidine rings is 1. The SMILES string of the molecule is Cc1sc(C#N)nc1[C@@H](C)c1cccc(-n2cc3c(C(F)(F)F)cc(CN4CCC[C@H](C)C4)cn3c2=O)c1. The Bertz CT molecular complexity index is 1590. The summed E-state index contributed by atoms with van der Waals surface area (Å²) in [4.78, 5) is 20.9. The molecule has 38 heavy (non-hydrogen) atoms. The molecule has 1 aromatic carbocycles. The van der Waals surface area contributed by atoms with Crippen LogP contribution in [0.2, 0.25) is 0 Å². The minimum absolute atomic E-state index is 0.162. The predicted octanol–water partition coefficient (Wildman–Crippen LogP) is 6.13. The number of hydrogen-bond acceptors (Lipinski definition) is 5. The smallest absolute Gasteiger partial charge is 0.299 e. The van der Waals surface area contributed by atoms with Crippen molar-refractivity contribution in [3.63, 3.8) is 0 Å². The Labute approximate surface area is 222 Å². The summed E-state index contributed by atoms with van der Waals surface area (Å²) in [5.74, 6) is 0.331. The van der Waals surface area contributed by atoms with Crippen LogP contribution >= 0.6 is 11.3 Å². The zero-order chi connectivity index (χ0) is 27.2. The van der Waals surface area contributed by atoms with E-state index in [2.05, 4.69) is 22.9 Å². The molecule has 3 aromatic heterocycles. The van der Waals surface area contributed by atoms with Gasteiger partial charge in [-0.3, -0.25) is 13.9 Å². The average molecular weight is 540 g/mol. The number of likely N-dealkylation sites (tertiary alicyclic amines) is 1. The molecule has 4 heterocycles. The second-order valence-corrected chi connectivity index (χ2v) is 11.4. The highest BCUT2D eigenvalue weighted by Gasteiger charge is 2.35. The van der Waals surface area contributed by atoms with Crippen LogP contribution in [-0.2, 0) is 12.7 Å². The molecule has 2 atom stereocenters. The summed E-state index contributed by atoms with van der Waals surface area (Å²) in [6, 6.07) is 10.4. The van der Waals surface area contributed by atoms with E-state index in [-0.39, 0.29) is 11.4 Å². The highest BCUT2D eigenvalue weighted by atomic mass is 32.1. The quantitative estimate of drug-likeness (QED) is 0.306. The van der Waals surface area contributed by atoms with E-state index in [0.717, 1.165) is 46.5 Å². The van der Waals surface area contributed by atoms with Gasteiger partial charge in [0.15, 0.2) is 5.01 Å². The van der Waals surface area contributed by atoms with E-state index in [0.29, 0.717) is 28.7 Å². The number of aromatic nitrogens is 3. The molecule has 198 valence electrons. The standard InChI is InChI=1S/C28H28F3N5OS/c1-17-6-5-9-34(13-17)14-20-10-23(28(29,30)31)24-16-35(27(37)36(24)15-20)22-8-4-7-21(11-22)18(2)26-19(3)38-25(12-32)33-26/h4,7-8,10-11,15-18H,5-6,9,13-14H2,1-3H3/t17-,18-/m0/s1. The summed E-state index contributed by atoms with van der Waals surface area (Å²) >= 11 is 1.32. The fourth-order valence-electron chi connectivity index (χ4n) is 5.39. The largest absolute Gasteiger partial charge is 0.418 e. The molecule has 0 amide bonds. The summed E-state index contributed by atoms with van der Waals surface area (Å²) in [5, 5.41) is 9.58. The first-order valence-corrected chi connectivity index (χ1v) is 13.4. The number of alkyl halides is 3. The van der Waals surface area contributed by atoms with Crippen molar-refractivity contribution in [3.8, 4) is 11.8 Å².